The molecule has 7 heteroatoms. The van der Waals surface area contributed by atoms with E-state index in [1.807, 2.05) is 12.1 Å². The Morgan fingerprint density at radius 2 is 1.77 bits per heavy atom. The van der Waals surface area contributed by atoms with E-state index in [4.69, 9.17) is 20.8 Å². The van der Waals surface area contributed by atoms with Gasteiger partial charge in [0.15, 0.2) is 5.76 Å². The van der Waals surface area contributed by atoms with Gasteiger partial charge in [0, 0.05) is 15.4 Å². The van der Waals surface area contributed by atoms with Gasteiger partial charge >= 0.3 is 0 Å². The Hall–Kier alpha value is -3.09. The molecule has 150 valence electrons. The lowest BCUT2D eigenvalue weighted by molar-refractivity contribution is 0.101. The van der Waals surface area contributed by atoms with E-state index in [0.717, 1.165) is 0 Å². The minimum Gasteiger partial charge on any atom is -0.495 e. The van der Waals surface area contributed by atoms with Gasteiger partial charge in [0.05, 0.1) is 23.4 Å². The summed E-state index contributed by atoms with van der Waals surface area (Å²) in [5.41, 5.74) is 1.55. The van der Waals surface area contributed by atoms with Crippen LogP contribution in [-0.2, 0) is 0 Å². The number of halogens is 2. The first-order valence-corrected chi connectivity index (χ1v) is 10.1. The van der Waals surface area contributed by atoms with Crippen molar-refractivity contribution in [2.24, 2.45) is 0 Å². The molecule has 0 fully saturated rings. The van der Waals surface area contributed by atoms with Crippen LogP contribution in [0.25, 0.3) is 11.0 Å². The normalized spacial score (nSPS) is 10.8. The Balaban J connectivity index is 1.79. The summed E-state index contributed by atoms with van der Waals surface area (Å²) in [5.74, 6) is -0.285. The van der Waals surface area contributed by atoms with Crippen molar-refractivity contribution in [3.8, 4) is 5.75 Å². The lowest BCUT2D eigenvalue weighted by Gasteiger charge is -2.08. The lowest BCUT2D eigenvalue weighted by Crippen LogP contribution is -2.15. The maximum Gasteiger partial charge on any atom is 0.256 e. The molecule has 1 amide bonds. The first-order valence-electron chi connectivity index (χ1n) is 8.95. The molecular formula is C23H15BrClNO4. The highest BCUT2D eigenvalue weighted by Crippen LogP contribution is 2.34. The first kappa shape index (κ1) is 20.2. The summed E-state index contributed by atoms with van der Waals surface area (Å²) in [7, 11) is 1.50. The highest BCUT2D eigenvalue weighted by molar-refractivity contribution is 9.10. The molecule has 1 aromatic heterocycles. The van der Waals surface area contributed by atoms with Crippen LogP contribution < -0.4 is 10.1 Å². The van der Waals surface area contributed by atoms with E-state index in [2.05, 4.69) is 21.2 Å². The second-order valence-electron chi connectivity index (χ2n) is 6.41. The van der Waals surface area contributed by atoms with Crippen molar-refractivity contribution >= 4 is 55.9 Å². The van der Waals surface area contributed by atoms with Gasteiger partial charge < -0.3 is 14.5 Å². The van der Waals surface area contributed by atoms with Crippen molar-refractivity contribution < 1.29 is 18.7 Å². The minimum absolute atomic E-state index is 0.0258. The van der Waals surface area contributed by atoms with Gasteiger partial charge in [0.2, 0.25) is 5.78 Å². The Bertz CT molecular complexity index is 1280. The first-order chi connectivity index (χ1) is 14.5. The zero-order valence-corrected chi connectivity index (χ0v) is 18.1. The van der Waals surface area contributed by atoms with E-state index in [0.29, 0.717) is 43.0 Å². The maximum atomic E-state index is 13.2. The molecule has 0 unspecified atom stereocenters. The summed E-state index contributed by atoms with van der Waals surface area (Å²) < 4.78 is 11.6. The van der Waals surface area contributed by atoms with Crippen LogP contribution in [0.4, 0.5) is 5.69 Å². The molecule has 3 aromatic carbocycles. The SMILES string of the molecule is COc1ccc(C(=O)c2oc3ccccc3c2NC(=O)c2ccccc2Br)cc1Cl. The van der Waals surface area contributed by atoms with E-state index >= 15 is 0 Å². The van der Waals surface area contributed by atoms with Crippen LogP contribution in [0.1, 0.15) is 26.5 Å². The van der Waals surface area contributed by atoms with Crippen LogP contribution in [-0.4, -0.2) is 18.8 Å². The van der Waals surface area contributed by atoms with Crippen LogP contribution in [0, 0.1) is 0 Å². The molecule has 0 aliphatic carbocycles. The molecule has 0 bridgehead atoms. The van der Waals surface area contributed by atoms with Crippen molar-refractivity contribution in [2.45, 2.75) is 0 Å². The number of hydrogen-bond acceptors (Lipinski definition) is 4. The van der Waals surface area contributed by atoms with Gasteiger partial charge in [-0.15, -0.1) is 0 Å². The quantitative estimate of drug-likeness (QED) is 0.336. The van der Waals surface area contributed by atoms with Crippen molar-refractivity contribution in [3.05, 3.63) is 93.1 Å². The molecule has 0 aliphatic heterocycles. The fraction of sp³-hybridized carbons (Fsp3) is 0.0435. The number of methoxy groups -OCH3 is 1. The number of nitrogens with one attached hydrogen (secondary N) is 1. The predicted molar refractivity (Wildman–Crippen MR) is 120 cm³/mol. The molecule has 0 aliphatic rings. The monoisotopic (exact) mass is 483 g/mol. The third-order valence-corrected chi connectivity index (χ3v) is 5.56. The molecule has 30 heavy (non-hydrogen) atoms. The number of amides is 1. The Morgan fingerprint density at radius 3 is 2.50 bits per heavy atom. The number of hydrogen-bond donors (Lipinski definition) is 1. The van der Waals surface area contributed by atoms with Gasteiger partial charge in [-0.2, -0.15) is 0 Å². The summed E-state index contributed by atoms with van der Waals surface area (Å²) in [6.07, 6.45) is 0. The van der Waals surface area contributed by atoms with Crippen molar-refractivity contribution in [2.75, 3.05) is 12.4 Å². The van der Waals surface area contributed by atoms with Gasteiger partial charge in [-0.1, -0.05) is 35.9 Å². The second-order valence-corrected chi connectivity index (χ2v) is 7.68. The summed E-state index contributed by atoms with van der Waals surface area (Å²) in [6.45, 7) is 0. The third-order valence-electron chi connectivity index (χ3n) is 4.57. The maximum absolute atomic E-state index is 13.2. The summed E-state index contributed by atoms with van der Waals surface area (Å²) >= 11 is 9.56. The van der Waals surface area contributed by atoms with Crippen LogP contribution >= 0.6 is 27.5 Å². The van der Waals surface area contributed by atoms with Gasteiger partial charge in [-0.05, 0) is 58.4 Å². The number of furan rings is 1. The number of carbonyl (C=O) groups excluding carboxylic acids is 2. The van der Waals surface area contributed by atoms with E-state index in [1.165, 1.54) is 13.2 Å². The van der Waals surface area contributed by atoms with Crippen molar-refractivity contribution in [1.82, 2.24) is 0 Å². The van der Waals surface area contributed by atoms with E-state index < -0.39 is 5.78 Å². The molecule has 0 saturated carbocycles. The van der Waals surface area contributed by atoms with Crippen molar-refractivity contribution in [3.63, 3.8) is 0 Å². The smallest absolute Gasteiger partial charge is 0.256 e. The van der Waals surface area contributed by atoms with Gasteiger partial charge in [0.1, 0.15) is 11.3 Å². The molecule has 4 aromatic rings. The fourth-order valence-corrected chi connectivity index (χ4v) is 3.82. The average molecular weight is 485 g/mol. The molecule has 1 N–H and O–H groups in total. The van der Waals surface area contributed by atoms with Crippen LogP contribution in [0.15, 0.2) is 75.6 Å². The summed E-state index contributed by atoms with van der Waals surface area (Å²) in [4.78, 5) is 26.1. The number of fused-ring (bicyclic) bond motifs is 1. The Kier molecular flexibility index (Phi) is 5.61. The zero-order valence-electron chi connectivity index (χ0n) is 15.7. The van der Waals surface area contributed by atoms with Crippen molar-refractivity contribution in [1.29, 1.82) is 0 Å². The number of para-hydroxylation sites is 1. The molecule has 5 nitrogen and oxygen atoms in total. The largest absolute Gasteiger partial charge is 0.495 e. The summed E-state index contributed by atoms with van der Waals surface area (Å²) in [6, 6.07) is 18.9. The Morgan fingerprint density at radius 1 is 1.03 bits per heavy atom. The fourth-order valence-electron chi connectivity index (χ4n) is 3.09. The number of ketones is 1. The molecule has 0 spiro atoms. The van der Waals surface area contributed by atoms with Crippen LogP contribution in [0.5, 0.6) is 5.75 Å². The standard InChI is InChI=1S/C23H15BrClNO4/c1-29-19-11-10-13(12-17(19)25)21(27)22-20(15-7-3-5-9-18(15)30-22)26-23(28)14-6-2-4-8-16(14)24/h2-12H,1H3,(H,26,28). The molecular weight excluding hydrogens is 470 g/mol. The summed E-state index contributed by atoms with van der Waals surface area (Å²) in [5, 5.41) is 3.77. The Labute approximate surface area is 185 Å². The molecule has 0 atom stereocenters. The van der Waals surface area contributed by atoms with Crippen LogP contribution in [0.2, 0.25) is 5.02 Å². The topological polar surface area (TPSA) is 68.5 Å². The molecule has 0 radical (unpaired) electrons. The third kappa shape index (κ3) is 3.72. The van der Waals surface area contributed by atoms with Gasteiger partial charge in [-0.3, -0.25) is 9.59 Å². The second kappa shape index (κ2) is 8.34. The van der Waals surface area contributed by atoms with E-state index in [-0.39, 0.29) is 11.7 Å². The number of benzene rings is 3. The number of ether oxygens (including phenoxy) is 1. The number of rotatable bonds is 5. The predicted octanol–water partition coefficient (Wildman–Crippen LogP) is 6.34. The number of carbonyl (C=O) groups is 2. The number of anilines is 1. The van der Waals surface area contributed by atoms with E-state index in [1.54, 1.807) is 48.5 Å². The average Bonchev–Trinajstić information content (AvgIpc) is 3.11. The lowest BCUT2D eigenvalue weighted by atomic mass is 10.1. The van der Waals surface area contributed by atoms with Gasteiger partial charge in [0.25, 0.3) is 5.91 Å². The highest BCUT2D eigenvalue weighted by Gasteiger charge is 2.24. The van der Waals surface area contributed by atoms with E-state index in [9.17, 15) is 9.59 Å². The zero-order chi connectivity index (χ0) is 21.3. The minimum atomic E-state index is -0.404. The highest BCUT2D eigenvalue weighted by atomic mass is 79.9. The van der Waals surface area contributed by atoms with Crippen LogP contribution in [0.3, 0.4) is 0 Å². The molecule has 1 heterocycles. The molecule has 0 saturated heterocycles. The molecule has 4 rings (SSSR count). The van der Waals surface area contributed by atoms with Gasteiger partial charge in [-0.25, -0.2) is 0 Å².